The van der Waals surface area contributed by atoms with Crippen molar-refractivity contribution in [2.24, 2.45) is 11.8 Å². The molecule has 1 aromatic rings. The predicted molar refractivity (Wildman–Crippen MR) is 116 cm³/mol. The van der Waals surface area contributed by atoms with E-state index in [-0.39, 0.29) is 11.3 Å². The third-order valence-electron chi connectivity index (χ3n) is 7.32. The van der Waals surface area contributed by atoms with Crippen molar-refractivity contribution in [2.75, 3.05) is 38.3 Å². The van der Waals surface area contributed by atoms with E-state index in [4.69, 9.17) is 9.72 Å². The molecule has 2 aliphatic heterocycles. The van der Waals surface area contributed by atoms with E-state index in [2.05, 4.69) is 31.9 Å². The molecular formula is C24H37N3O2. The zero-order valence-corrected chi connectivity index (χ0v) is 18.6. The standard InChI is InChI=1S/C24H37N3O2/c1-17-5-10-21-22(25-17)24(2,3)16-27(21)23(28)19-6-8-20(9-7-19)26(4)15-18-11-13-29-14-12-18/h5,10,18-20H,6-9,11-16H2,1-4H3. The molecule has 3 heterocycles. The first kappa shape index (κ1) is 20.8. The van der Waals surface area contributed by atoms with Gasteiger partial charge in [-0.15, -0.1) is 0 Å². The van der Waals surface area contributed by atoms with Crippen LogP contribution in [-0.4, -0.2) is 55.2 Å². The minimum absolute atomic E-state index is 0.0713. The summed E-state index contributed by atoms with van der Waals surface area (Å²) in [7, 11) is 2.27. The maximum Gasteiger partial charge on any atom is 0.230 e. The van der Waals surface area contributed by atoms with Crippen molar-refractivity contribution < 1.29 is 9.53 Å². The van der Waals surface area contributed by atoms with Gasteiger partial charge in [0.25, 0.3) is 0 Å². The van der Waals surface area contributed by atoms with E-state index in [9.17, 15) is 4.79 Å². The number of aryl methyl sites for hydroxylation is 1. The van der Waals surface area contributed by atoms with Gasteiger partial charge < -0.3 is 14.5 Å². The van der Waals surface area contributed by atoms with Crippen LogP contribution < -0.4 is 4.90 Å². The molecular weight excluding hydrogens is 362 g/mol. The second-order valence-corrected chi connectivity index (χ2v) is 10.1. The average molecular weight is 400 g/mol. The lowest BCUT2D eigenvalue weighted by atomic mass is 9.84. The lowest BCUT2D eigenvalue weighted by Crippen LogP contribution is -2.43. The Morgan fingerprint density at radius 3 is 2.55 bits per heavy atom. The highest BCUT2D eigenvalue weighted by molar-refractivity contribution is 5.97. The predicted octanol–water partition coefficient (Wildman–Crippen LogP) is 3.93. The molecule has 1 aliphatic carbocycles. The molecule has 0 atom stereocenters. The molecule has 0 bridgehead atoms. The Morgan fingerprint density at radius 2 is 1.86 bits per heavy atom. The summed E-state index contributed by atoms with van der Waals surface area (Å²) >= 11 is 0. The molecule has 4 rings (SSSR count). The number of carbonyl (C=O) groups excluding carboxylic acids is 1. The number of carbonyl (C=O) groups is 1. The van der Waals surface area contributed by atoms with Crippen LogP contribution in [0.25, 0.3) is 0 Å². The van der Waals surface area contributed by atoms with Crippen molar-refractivity contribution in [3.63, 3.8) is 0 Å². The van der Waals surface area contributed by atoms with Crippen LogP contribution in [0.15, 0.2) is 12.1 Å². The fraction of sp³-hybridized carbons (Fsp3) is 0.750. The Balaban J connectivity index is 1.35. The van der Waals surface area contributed by atoms with Gasteiger partial charge in [-0.3, -0.25) is 9.78 Å². The summed E-state index contributed by atoms with van der Waals surface area (Å²) in [6, 6.07) is 4.74. The molecule has 0 unspecified atom stereocenters. The van der Waals surface area contributed by atoms with Crippen LogP contribution in [0.2, 0.25) is 0 Å². The first-order chi connectivity index (χ1) is 13.8. The van der Waals surface area contributed by atoms with E-state index in [1.807, 2.05) is 17.9 Å². The van der Waals surface area contributed by atoms with Crippen LogP contribution >= 0.6 is 0 Å². The molecule has 3 aliphatic rings. The summed E-state index contributed by atoms with van der Waals surface area (Å²) in [6.45, 7) is 10.2. The van der Waals surface area contributed by atoms with Gasteiger partial charge in [0.2, 0.25) is 5.91 Å². The molecule has 1 amide bonds. The lowest BCUT2D eigenvalue weighted by molar-refractivity contribution is -0.123. The van der Waals surface area contributed by atoms with Crippen molar-refractivity contribution in [1.82, 2.24) is 9.88 Å². The van der Waals surface area contributed by atoms with Crippen LogP contribution in [-0.2, 0) is 14.9 Å². The molecule has 2 fully saturated rings. The van der Waals surface area contributed by atoms with E-state index < -0.39 is 0 Å². The van der Waals surface area contributed by atoms with Gasteiger partial charge >= 0.3 is 0 Å². The van der Waals surface area contributed by atoms with Crippen LogP contribution in [0, 0.1) is 18.8 Å². The lowest BCUT2D eigenvalue weighted by Gasteiger charge is -2.37. The van der Waals surface area contributed by atoms with Crippen molar-refractivity contribution in [3.05, 3.63) is 23.5 Å². The monoisotopic (exact) mass is 399 g/mol. The van der Waals surface area contributed by atoms with E-state index >= 15 is 0 Å². The fourth-order valence-electron chi connectivity index (χ4n) is 5.49. The van der Waals surface area contributed by atoms with Gasteiger partial charge in [-0.1, -0.05) is 13.8 Å². The molecule has 5 nitrogen and oxygen atoms in total. The third-order valence-corrected chi connectivity index (χ3v) is 7.32. The Morgan fingerprint density at radius 1 is 1.17 bits per heavy atom. The zero-order valence-electron chi connectivity index (χ0n) is 18.6. The number of nitrogens with zero attached hydrogens (tertiary/aromatic N) is 3. The van der Waals surface area contributed by atoms with Crippen molar-refractivity contribution in [3.8, 4) is 0 Å². The average Bonchev–Trinajstić information content (AvgIpc) is 2.98. The fourth-order valence-corrected chi connectivity index (χ4v) is 5.49. The molecule has 5 heteroatoms. The van der Waals surface area contributed by atoms with Crippen LogP contribution in [0.5, 0.6) is 0 Å². The first-order valence-corrected chi connectivity index (χ1v) is 11.4. The number of amides is 1. The minimum atomic E-state index is -0.0713. The van der Waals surface area contributed by atoms with Crippen molar-refractivity contribution in [2.45, 2.75) is 70.8 Å². The quantitative estimate of drug-likeness (QED) is 0.770. The largest absolute Gasteiger partial charge is 0.381 e. The molecule has 1 aromatic heterocycles. The molecule has 29 heavy (non-hydrogen) atoms. The number of aromatic nitrogens is 1. The number of hydrogen-bond donors (Lipinski definition) is 0. The molecule has 0 aromatic carbocycles. The van der Waals surface area contributed by atoms with Crippen LogP contribution in [0.3, 0.4) is 0 Å². The van der Waals surface area contributed by atoms with Crippen LogP contribution in [0.1, 0.15) is 63.8 Å². The van der Waals surface area contributed by atoms with Gasteiger partial charge in [0, 0.05) is 49.4 Å². The van der Waals surface area contributed by atoms with E-state index in [0.717, 1.165) is 68.4 Å². The van der Waals surface area contributed by atoms with Crippen LogP contribution in [0.4, 0.5) is 5.69 Å². The number of anilines is 1. The second-order valence-electron chi connectivity index (χ2n) is 10.1. The SMILES string of the molecule is Cc1ccc2c(n1)C(C)(C)CN2C(=O)C1CCC(N(C)CC2CCOCC2)CC1. The smallest absolute Gasteiger partial charge is 0.230 e. The number of fused-ring (bicyclic) bond motifs is 1. The van der Waals surface area contributed by atoms with Crippen molar-refractivity contribution in [1.29, 1.82) is 0 Å². The zero-order chi connectivity index (χ0) is 20.6. The third kappa shape index (κ3) is 4.36. The summed E-state index contributed by atoms with van der Waals surface area (Å²) in [5.41, 5.74) is 3.07. The Hall–Kier alpha value is -1.46. The van der Waals surface area contributed by atoms with Gasteiger partial charge in [0.1, 0.15) is 0 Å². The Bertz CT molecular complexity index is 734. The number of ether oxygens (including phenoxy) is 1. The molecule has 1 saturated carbocycles. The number of pyridine rings is 1. The summed E-state index contributed by atoms with van der Waals surface area (Å²) in [5, 5.41) is 0. The molecule has 0 N–H and O–H groups in total. The van der Waals surface area contributed by atoms with Gasteiger partial charge in [0.15, 0.2) is 0 Å². The second kappa shape index (κ2) is 8.35. The molecule has 0 spiro atoms. The summed E-state index contributed by atoms with van der Waals surface area (Å²) in [5.74, 6) is 1.24. The van der Waals surface area contributed by atoms with E-state index in [1.54, 1.807) is 0 Å². The highest BCUT2D eigenvalue weighted by Crippen LogP contribution is 2.41. The maximum absolute atomic E-state index is 13.4. The van der Waals surface area contributed by atoms with Crippen molar-refractivity contribution >= 4 is 11.6 Å². The van der Waals surface area contributed by atoms with E-state index in [0.29, 0.717) is 11.9 Å². The van der Waals surface area contributed by atoms with Gasteiger partial charge in [-0.25, -0.2) is 0 Å². The Kier molecular flexibility index (Phi) is 5.99. The van der Waals surface area contributed by atoms with E-state index in [1.165, 1.54) is 19.4 Å². The molecule has 160 valence electrons. The number of hydrogen-bond acceptors (Lipinski definition) is 4. The van der Waals surface area contributed by atoms with Gasteiger partial charge in [-0.2, -0.15) is 0 Å². The molecule has 0 radical (unpaired) electrons. The Labute approximate surface area is 175 Å². The summed E-state index contributed by atoms with van der Waals surface area (Å²) < 4.78 is 5.50. The topological polar surface area (TPSA) is 45.7 Å². The molecule has 1 saturated heterocycles. The summed E-state index contributed by atoms with van der Waals surface area (Å²) in [6.07, 6.45) is 6.66. The number of rotatable bonds is 4. The highest BCUT2D eigenvalue weighted by Gasteiger charge is 2.42. The highest BCUT2D eigenvalue weighted by atomic mass is 16.5. The maximum atomic E-state index is 13.4. The first-order valence-electron chi connectivity index (χ1n) is 11.4. The van der Waals surface area contributed by atoms with Gasteiger partial charge in [0.05, 0.1) is 11.4 Å². The van der Waals surface area contributed by atoms with Gasteiger partial charge in [-0.05, 0) is 70.5 Å². The minimum Gasteiger partial charge on any atom is -0.381 e. The summed E-state index contributed by atoms with van der Waals surface area (Å²) in [4.78, 5) is 22.7. The normalized spacial score (nSPS) is 27.3.